The first-order chi connectivity index (χ1) is 12.7. The molecule has 1 aliphatic rings. The maximum absolute atomic E-state index is 13.1. The van der Waals surface area contributed by atoms with Gasteiger partial charge in [-0.15, -0.1) is 0 Å². The van der Waals surface area contributed by atoms with Crippen molar-refractivity contribution in [2.75, 3.05) is 13.7 Å². The second-order valence-electron chi connectivity index (χ2n) is 7.04. The van der Waals surface area contributed by atoms with E-state index in [1.165, 1.54) is 36.3 Å². The standard InChI is InChI=1S/C19H25FN2O5/c1-11(2)17(21-18(25)12-4-6-13(20)7-5-12)19(26)22-10-15(27-3)8-14(22)9-16(23)24/h4-7,11,14-15,17H,8-10H2,1-3H3,(H,21,25)(H,23,24). The molecular formula is C19H25FN2O5. The Morgan fingerprint density at radius 2 is 1.93 bits per heavy atom. The maximum atomic E-state index is 13.1. The summed E-state index contributed by atoms with van der Waals surface area (Å²) >= 11 is 0. The van der Waals surface area contributed by atoms with E-state index in [2.05, 4.69) is 5.32 Å². The molecule has 1 heterocycles. The minimum atomic E-state index is -0.994. The van der Waals surface area contributed by atoms with Gasteiger partial charge in [-0.25, -0.2) is 4.39 Å². The summed E-state index contributed by atoms with van der Waals surface area (Å²) in [6.45, 7) is 3.87. The molecule has 2 amide bonds. The number of carboxylic acid groups (broad SMARTS) is 1. The molecule has 1 saturated heterocycles. The zero-order chi connectivity index (χ0) is 20.1. The van der Waals surface area contributed by atoms with Crippen LogP contribution in [0.3, 0.4) is 0 Å². The van der Waals surface area contributed by atoms with Crippen LogP contribution >= 0.6 is 0 Å². The molecule has 27 heavy (non-hydrogen) atoms. The predicted octanol–water partition coefficient (Wildman–Crippen LogP) is 1.67. The zero-order valence-corrected chi connectivity index (χ0v) is 15.6. The predicted molar refractivity (Wildman–Crippen MR) is 95.7 cm³/mol. The molecule has 0 saturated carbocycles. The van der Waals surface area contributed by atoms with E-state index in [0.717, 1.165) is 0 Å². The molecule has 0 aromatic heterocycles. The van der Waals surface area contributed by atoms with Crippen molar-refractivity contribution in [3.8, 4) is 0 Å². The van der Waals surface area contributed by atoms with Gasteiger partial charge in [0.25, 0.3) is 5.91 Å². The van der Waals surface area contributed by atoms with E-state index in [0.29, 0.717) is 6.42 Å². The van der Waals surface area contributed by atoms with Gasteiger partial charge in [0.05, 0.1) is 12.5 Å². The molecular weight excluding hydrogens is 355 g/mol. The third-order valence-electron chi connectivity index (χ3n) is 4.73. The van der Waals surface area contributed by atoms with Crippen LogP contribution in [0, 0.1) is 11.7 Å². The second-order valence-corrected chi connectivity index (χ2v) is 7.04. The Balaban J connectivity index is 2.16. The molecule has 1 fully saturated rings. The van der Waals surface area contributed by atoms with Gasteiger partial charge in [-0.05, 0) is 36.6 Å². The Morgan fingerprint density at radius 3 is 2.44 bits per heavy atom. The van der Waals surface area contributed by atoms with Gasteiger partial charge in [0.1, 0.15) is 11.9 Å². The lowest BCUT2D eigenvalue weighted by Gasteiger charge is -2.30. The third-order valence-corrected chi connectivity index (χ3v) is 4.73. The summed E-state index contributed by atoms with van der Waals surface area (Å²) in [4.78, 5) is 38.1. The number of methoxy groups -OCH3 is 1. The molecule has 0 radical (unpaired) electrons. The van der Waals surface area contributed by atoms with E-state index in [9.17, 15) is 18.8 Å². The summed E-state index contributed by atoms with van der Waals surface area (Å²) in [5, 5.41) is 11.8. The van der Waals surface area contributed by atoms with Crippen LogP contribution in [-0.4, -0.2) is 59.6 Å². The summed E-state index contributed by atoms with van der Waals surface area (Å²) in [7, 11) is 1.52. The van der Waals surface area contributed by atoms with Crippen LogP contribution in [0.1, 0.15) is 37.0 Å². The number of carboxylic acids is 1. The first-order valence-electron chi connectivity index (χ1n) is 8.84. The smallest absolute Gasteiger partial charge is 0.305 e. The molecule has 2 N–H and O–H groups in total. The van der Waals surface area contributed by atoms with E-state index in [1.54, 1.807) is 13.8 Å². The average Bonchev–Trinajstić information content (AvgIpc) is 3.01. The fourth-order valence-corrected chi connectivity index (χ4v) is 3.23. The van der Waals surface area contributed by atoms with E-state index < -0.39 is 29.8 Å². The summed E-state index contributed by atoms with van der Waals surface area (Å²) < 4.78 is 18.3. The van der Waals surface area contributed by atoms with Crippen molar-refractivity contribution in [1.29, 1.82) is 0 Å². The van der Waals surface area contributed by atoms with Crippen molar-refractivity contribution in [2.45, 2.75) is 44.9 Å². The van der Waals surface area contributed by atoms with Crippen LogP contribution in [0.5, 0.6) is 0 Å². The van der Waals surface area contributed by atoms with Crippen molar-refractivity contribution < 1.29 is 28.6 Å². The fraction of sp³-hybridized carbons (Fsp3) is 0.526. The van der Waals surface area contributed by atoms with Crippen molar-refractivity contribution in [3.63, 3.8) is 0 Å². The second kappa shape index (κ2) is 8.94. The maximum Gasteiger partial charge on any atom is 0.305 e. The number of nitrogens with zero attached hydrogens (tertiary/aromatic N) is 1. The van der Waals surface area contributed by atoms with Gasteiger partial charge in [-0.2, -0.15) is 0 Å². The number of benzene rings is 1. The highest BCUT2D eigenvalue weighted by atomic mass is 19.1. The Hall–Kier alpha value is -2.48. The Morgan fingerprint density at radius 1 is 1.30 bits per heavy atom. The van der Waals surface area contributed by atoms with Crippen LogP contribution < -0.4 is 5.32 Å². The quantitative estimate of drug-likeness (QED) is 0.750. The van der Waals surface area contributed by atoms with Crippen LogP contribution in [0.25, 0.3) is 0 Å². The fourth-order valence-electron chi connectivity index (χ4n) is 3.23. The highest BCUT2D eigenvalue weighted by molar-refractivity contribution is 5.97. The van der Waals surface area contributed by atoms with Crippen molar-refractivity contribution in [1.82, 2.24) is 10.2 Å². The average molecular weight is 380 g/mol. The normalized spacial score (nSPS) is 20.6. The third kappa shape index (κ3) is 5.26. The summed E-state index contributed by atoms with van der Waals surface area (Å²) in [6.07, 6.45) is 0.0204. The number of carbonyl (C=O) groups is 3. The molecule has 7 nitrogen and oxygen atoms in total. The first kappa shape index (κ1) is 20.8. The lowest BCUT2D eigenvalue weighted by molar-refractivity contribution is -0.140. The molecule has 8 heteroatoms. The SMILES string of the molecule is COC1CC(CC(=O)O)N(C(=O)C(NC(=O)c2ccc(F)cc2)C(C)C)C1. The van der Waals surface area contributed by atoms with E-state index in [1.807, 2.05) is 0 Å². The molecule has 0 spiro atoms. The summed E-state index contributed by atoms with van der Waals surface area (Å²) in [5.41, 5.74) is 0.244. The first-order valence-corrected chi connectivity index (χ1v) is 8.84. The molecule has 148 valence electrons. The number of likely N-dealkylation sites (tertiary alicyclic amines) is 1. The van der Waals surface area contributed by atoms with Gasteiger partial charge in [0.2, 0.25) is 5.91 Å². The monoisotopic (exact) mass is 380 g/mol. The summed E-state index contributed by atoms with van der Waals surface area (Å²) in [6, 6.07) is 3.73. The molecule has 2 rings (SSSR count). The number of hydrogen-bond donors (Lipinski definition) is 2. The van der Waals surface area contributed by atoms with Crippen LogP contribution in [0.2, 0.25) is 0 Å². The molecule has 1 aromatic rings. The number of halogens is 1. The molecule has 1 aromatic carbocycles. The zero-order valence-electron chi connectivity index (χ0n) is 15.6. The highest BCUT2D eigenvalue weighted by Crippen LogP contribution is 2.24. The van der Waals surface area contributed by atoms with Crippen molar-refractivity contribution >= 4 is 17.8 Å². The number of aliphatic carboxylic acids is 1. The van der Waals surface area contributed by atoms with Gasteiger partial charge >= 0.3 is 5.97 Å². The van der Waals surface area contributed by atoms with Gasteiger partial charge < -0.3 is 20.1 Å². The van der Waals surface area contributed by atoms with Gasteiger partial charge in [-0.1, -0.05) is 13.8 Å². The molecule has 0 aliphatic carbocycles. The molecule has 0 bridgehead atoms. The number of amides is 2. The molecule has 3 atom stereocenters. The van der Waals surface area contributed by atoms with E-state index in [4.69, 9.17) is 9.84 Å². The van der Waals surface area contributed by atoms with Crippen molar-refractivity contribution in [3.05, 3.63) is 35.6 Å². The lowest BCUT2D eigenvalue weighted by atomic mass is 10.0. The lowest BCUT2D eigenvalue weighted by Crippen LogP contribution is -2.53. The highest BCUT2D eigenvalue weighted by Gasteiger charge is 2.40. The van der Waals surface area contributed by atoms with E-state index >= 15 is 0 Å². The largest absolute Gasteiger partial charge is 0.481 e. The topological polar surface area (TPSA) is 95.9 Å². The minimum Gasteiger partial charge on any atom is -0.481 e. The number of nitrogens with one attached hydrogen (secondary N) is 1. The van der Waals surface area contributed by atoms with Crippen LogP contribution in [0.4, 0.5) is 4.39 Å². The number of hydrogen-bond acceptors (Lipinski definition) is 4. The summed E-state index contributed by atoms with van der Waals surface area (Å²) in [5.74, 6) is -2.49. The molecule has 3 unspecified atom stereocenters. The Bertz CT molecular complexity index is 692. The van der Waals surface area contributed by atoms with Crippen LogP contribution in [0.15, 0.2) is 24.3 Å². The number of ether oxygens (including phenoxy) is 1. The van der Waals surface area contributed by atoms with E-state index in [-0.39, 0.29) is 36.5 Å². The van der Waals surface area contributed by atoms with Crippen molar-refractivity contribution in [2.24, 2.45) is 5.92 Å². The number of carbonyl (C=O) groups excluding carboxylic acids is 2. The Kier molecular flexibility index (Phi) is 6.90. The van der Waals surface area contributed by atoms with Gasteiger partial charge in [-0.3, -0.25) is 14.4 Å². The number of rotatable bonds is 7. The van der Waals surface area contributed by atoms with Gasteiger partial charge in [0.15, 0.2) is 0 Å². The molecule has 1 aliphatic heterocycles. The van der Waals surface area contributed by atoms with Crippen LogP contribution in [-0.2, 0) is 14.3 Å². The minimum absolute atomic E-state index is 0.178. The van der Waals surface area contributed by atoms with Gasteiger partial charge in [0, 0.05) is 25.3 Å². The Labute approximate surface area is 157 Å².